The van der Waals surface area contributed by atoms with Gasteiger partial charge in [-0.2, -0.15) is 0 Å². The summed E-state index contributed by atoms with van der Waals surface area (Å²) >= 11 is 0. The summed E-state index contributed by atoms with van der Waals surface area (Å²) in [7, 11) is 5.88. The summed E-state index contributed by atoms with van der Waals surface area (Å²) in [4.78, 5) is 42.3. The Bertz CT molecular complexity index is 444. The molecule has 0 spiro atoms. The van der Waals surface area contributed by atoms with E-state index in [9.17, 15) is 29.4 Å². The molecule has 0 aliphatic rings. The molecule has 0 heterocycles. The molecule has 0 aliphatic heterocycles. The van der Waals surface area contributed by atoms with E-state index in [4.69, 9.17) is 28.4 Å². The SMILES string of the molecule is COCC(COC)OC(=O)CCC(=O)[O-].COCC(COC)OC(=O)CCC(=O)[O-].[Zn+2]. The maximum Gasteiger partial charge on any atom is 2.00 e. The average molecular weight is 504 g/mol. The van der Waals surface area contributed by atoms with Gasteiger partial charge in [0.1, 0.15) is 12.2 Å². The first kappa shape index (κ1) is 34.0. The van der Waals surface area contributed by atoms with E-state index < -0.39 is 36.1 Å². The second kappa shape index (κ2) is 23.0. The van der Waals surface area contributed by atoms with Crippen LogP contribution in [0.4, 0.5) is 0 Å². The first-order chi connectivity index (χ1) is 14.2. The fraction of sp³-hybridized carbons (Fsp3) is 0.778. The molecule has 31 heavy (non-hydrogen) atoms. The molecule has 0 aliphatic carbocycles. The number of hydrogen-bond acceptors (Lipinski definition) is 12. The molecule has 0 saturated heterocycles. The molecule has 0 unspecified atom stereocenters. The van der Waals surface area contributed by atoms with Crippen molar-refractivity contribution in [1.29, 1.82) is 0 Å². The van der Waals surface area contributed by atoms with Crippen molar-refractivity contribution in [3.05, 3.63) is 0 Å². The molecule has 13 heteroatoms. The molecule has 0 saturated carbocycles. The van der Waals surface area contributed by atoms with E-state index in [0.717, 1.165) is 0 Å². The van der Waals surface area contributed by atoms with Gasteiger partial charge in [-0.3, -0.25) is 9.59 Å². The topological polar surface area (TPSA) is 170 Å². The van der Waals surface area contributed by atoms with Gasteiger partial charge in [0.15, 0.2) is 0 Å². The summed E-state index contributed by atoms with van der Waals surface area (Å²) in [5.41, 5.74) is 0. The van der Waals surface area contributed by atoms with Crippen molar-refractivity contribution in [3.63, 3.8) is 0 Å². The molecule has 0 aromatic rings. The first-order valence-corrected chi connectivity index (χ1v) is 8.94. The molecule has 176 valence electrons. The zero-order valence-corrected chi connectivity index (χ0v) is 21.4. The van der Waals surface area contributed by atoms with Crippen LogP contribution >= 0.6 is 0 Å². The fourth-order valence-electron chi connectivity index (χ4n) is 1.87. The minimum absolute atomic E-state index is 0. The third-order valence-corrected chi connectivity index (χ3v) is 3.07. The third-order valence-electron chi connectivity index (χ3n) is 3.07. The summed E-state index contributed by atoms with van der Waals surface area (Å²) in [6.07, 6.45) is -2.10. The van der Waals surface area contributed by atoms with Crippen LogP contribution in [0.25, 0.3) is 0 Å². The quantitative estimate of drug-likeness (QED) is 0.160. The molecule has 0 aromatic heterocycles. The number of carbonyl (C=O) groups excluding carboxylic acids is 4. The standard InChI is InChI=1S/2C9H16O6.Zn/c2*1-13-5-7(6-14-2)15-9(12)4-3-8(10)11;/h2*7H,3-6H2,1-2H3,(H,10,11);/q;;+2/p-2. The number of esters is 2. The van der Waals surface area contributed by atoms with Gasteiger partial charge in [-0.1, -0.05) is 0 Å². The Labute approximate surface area is 194 Å². The summed E-state index contributed by atoms with van der Waals surface area (Å²) in [6, 6.07) is 0. The van der Waals surface area contributed by atoms with E-state index in [1.165, 1.54) is 28.4 Å². The van der Waals surface area contributed by atoms with Gasteiger partial charge in [-0.25, -0.2) is 0 Å². The van der Waals surface area contributed by atoms with E-state index >= 15 is 0 Å². The Morgan fingerprint density at radius 2 is 0.839 bits per heavy atom. The van der Waals surface area contributed by atoms with Crippen molar-refractivity contribution in [2.45, 2.75) is 37.9 Å². The van der Waals surface area contributed by atoms with Crippen molar-refractivity contribution >= 4 is 23.9 Å². The van der Waals surface area contributed by atoms with E-state index in [0.29, 0.717) is 0 Å². The van der Waals surface area contributed by atoms with Gasteiger partial charge in [0.05, 0.1) is 39.3 Å². The number of rotatable bonds is 16. The number of methoxy groups -OCH3 is 4. The summed E-state index contributed by atoms with van der Waals surface area (Å²) in [5.74, 6) is -3.75. The second-order valence-corrected chi connectivity index (χ2v) is 5.79. The van der Waals surface area contributed by atoms with Crippen LogP contribution in [-0.4, -0.2) is 91.0 Å². The van der Waals surface area contributed by atoms with Crippen molar-refractivity contribution in [1.82, 2.24) is 0 Å². The van der Waals surface area contributed by atoms with Gasteiger partial charge in [-0.15, -0.1) is 0 Å². The Balaban J connectivity index is -0.000000490. The van der Waals surface area contributed by atoms with Crippen LogP contribution < -0.4 is 10.2 Å². The second-order valence-electron chi connectivity index (χ2n) is 5.79. The van der Waals surface area contributed by atoms with Gasteiger partial charge in [0, 0.05) is 40.4 Å². The zero-order chi connectivity index (χ0) is 23.4. The maximum atomic E-state index is 11.1. The molecule has 12 nitrogen and oxygen atoms in total. The first-order valence-electron chi connectivity index (χ1n) is 8.94. The number of carboxylic acid groups (broad SMARTS) is 2. The molecule has 0 bridgehead atoms. The molecule has 0 radical (unpaired) electrons. The minimum atomic E-state index is -1.28. The Kier molecular flexibility index (Phi) is 25.2. The van der Waals surface area contributed by atoms with E-state index in [-0.39, 0.29) is 71.6 Å². The normalized spacial score (nSPS) is 10.0. The number of hydrogen-bond donors (Lipinski definition) is 0. The van der Waals surface area contributed by atoms with E-state index in [1.54, 1.807) is 0 Å². The van der Waals surface area contributed by atoms with Gasteiger partial charge in [-0.05, 0) is 12.8 Å². The molecule has 0 rings (SSSR count). The molecule has 0 amide bonds. The molecule has 0 N–H and O–H groups in total. The summed E-state index contributed by atoms with van der Waals surface area (Å²) < 4.78 is 29.0. The smallest absolute Gasteiger partial charge is 0.550 e. The summed E-state index contributed by atoms with van der Waals surface area (Å²) in [6.45, 7) is 0.853. The van der Waals surface area contributed by atoms with Crippen LogP contribution in [0, 0.1) is 0 Å². The van der Waals surface area contributed by atoms with Crippen LogP contribution in [0.2, 0.25) is 0 Å². The average Bonchev–Trinajstić information content (AvgIpc) is 2.66. The zero-order valence-electron chi connectivity index (χ0n) is 18.4. The van der Waals surface area contributed by atoms with Gasteiger partial charge >= 0.3 is 31.4 Å². The summed E-state index contributed by atoms with van der Waals surface area (Å²) in [5, 5.41) is 20.1. The van der Waals surface area contributed by atoms with Gasteiger partial charge in [0.25, 0.3) is 0 Å². The number of ether oxygens (including phenoxy) is 6. The Morgan fingerprint density at radius 3 is 1.03 bits per heavy atom. The Morgan fingerprint density at radius 1 is 0.581 bits per heavy atom. The number of aliphatic carboxylic acids is 2. The van der Waals surface area contributed by atoms with Crippen LogP contribution in [0.1, 0.15) is 25.7 Å². The molecular formula is C18H30O12Zn. The maximum absolute atomic E-state index is 11.1. The van der Waals surface area contributed by atoms with Crippen molar-refractivity contribution in [3.8, 4) is 0 Å². The number of carboxylic acids is 2. The van der Waals surface area contributed by atoms with Crippen molar-refractivity contribution < 1.29 is 77.3 Å². The monoisotopic (exact) mass is 502 g/mol. The largest absolute Gasteiger partial charge is 2.00 e. The van der Waals surface area contributed by atoms with Crippen molar-refractivity contribution in [2.75, 3.05) is 54.9 Å². The van der Waals surface area contributed by atoms with E-state index in [1.807, 2.05) is 0 Å². The fourth-order valence-corrected chi connectivity index (χ4v) is 1.87. The Hall–Kier alpha value is -1.66. The van der Waals surface area contributed by atoms with Gasteiger partial charge < -0.3 is 48.2 Å². The van der Waals surface area contributed by atoms with Crippen LogP contribution in [-0.2, 0) is 67.1 Å². The third kappa shape index (κ3) is 24.5. The van der Waals surface area contributed by atoms with Crippen LogP contribution in [0.15, 0.2) is 0 Å². The van der Waals surface area contributed by atoms with Crippen molar-refractivity contribution in [2.24, 2.45) is 0 Å². The van der Waals surface area contributed by atoms with E-state index in [2.05, 4.69) is 0 Å². The molecule has 0 aromatic carbocycles. The molecule has 0 fully saturated rings. The number of carbonyl (C=O) groups is 4. The van der Waals surface area contributed by atoms with Crippen LogP contribution in [0.3, 0.4) is 0 Å². The molecular weight excluding hydrogens is 474 g/mol. The minimum Gasteiger partial charge on any atom is -0.550 e. The van der Waals surface area contributed by atoms with Crippen LogP contribution in [0.5, 0.6) is 0 Å². The van der Waals surface area contributed by atoms with Gasteiger partial charge in [0.2, 0.25) is 0 Å². The predicted octanol–water partition coefficient (Wildman–Crippen LogP) is -2.56. The predicted molar refractivity (Wildman–Crippen MR) is 95.7 cm³/mol. The molecule has 0 atom stereocenters.